The van der Waals surface area contributed by atoms with Gasteiger partial charge in [0.1, 0.15) is 0 Å². The summed E-state index contributed by atoms with van der Waals surface area (Å²) in [6.07, 6.45) is 5.21. The van der Waals surface area contributed by atoms with Gasteiger partial charge >= 0.3 is 0 Å². The zero-order valence-corrected chi connectivity index (χ0v) is 13.8. The van der Waals surface area contributed by atoms with Crippen molar-refractivity contribution in [3.63, 3.8) is 0 Å². The Bertz CT molecular complexity index is 821. The fourth-order valence-corrected chi connectivity index (χ4v) is 2.66. The Balaban J connectivity index is 1.78. The molecule has 1 amide bonds. The highest BCUT2D eigenvalue weighted by molar-refractivity contribution is 9.10. The summed E-state index contributed by atoms with van der Waals surface area (Å²) in [5, 5.41) is 2.94. The quantitative estimate of drug-likeness (QED) is 0.762. The number of nitrogens with zero attached hydrogens (tertiary/aromatic N) is 2. The highest BCUT2D eigenvalue weighted by atomic mass is 79.9. The number of benzene rings is 1. The highest BCUT2D eigenvalue weighted by Gasteiger charge is 2.09. The van der Waals surface area contributed by atoms with Gasteiger partial charge in [-0.3, -0.25) is 14.8 Å². The van der Waals surface area contributed by atoms with Crippen LogP contribution >= 0.6 is 15.9 Å². The zero-order chi connectivity index (χ0) is 16.1. The van der Waals surface area contributed by atoms with Gasteiger partial charge in [-0.1, -0.05) is 28.1 Å². The van der Waals surface area contributed by atoms with E-state index in [1.165, 1.54) is 0 Å². The maximum Gasteiger partial charge on any atom is 0.251 e. The zero-order valence-electron chi connectivity index (χ0n) is 12.2. The Hall–Kier alpha value is -2.53. The molecule has 0 aliphatic rings. The predicted octanol–water partition coefficient (Wildman–Crippen LogP) is 3.84. The van der Waals surface area contributed by atoms with E-state index in [1.807, 2.05) is 36.4 Å². The molecule has 1 aromatic carbocycles. The van der Waals surface area contributed by atoms with Crippen LogP contribution in [0, 0.1) is 0 Å². The monoisotopic (exact) mass is 367 g/mol. The minimum Gasteiger partial charge on any atom is -0.348 e. The lowest BCUT2D eigenvalue weighted by molar-refractivity contribution is 0.0951. The van der Waals surface area contributed by atoms with Crippen LogP contribution in [0.1, 0.15) is 15.9 Å². The highest BCUT2D eigenvalue weighted by Crippen LogP contribution is 2.20. The lowest BCUT2D eigenvalue weighted by Gasteiger charge is -2.10. The number of nitrogens with one attached hydrogen (secondary N) is 1. The predicted molar refractivity (Wildman–Crippen MR) is 92.8 cm³/mol. The number of pyridine rings is 2. The minimum absolute atomic E-state index is 0.115. The Kier molecular flexibility index (Phi) is 4.78. The first-order valence-electron chi connectivity index (χ1n) is 7.12. The molecule has 0 aliphatic carbocycles. The number of carbonyl (C=O) groups excluding carboxylic acids is 1. The first kappa shape index (κ1) is 15.4. The number of hydrogen-bond donors (Lipinski definition) is 1. The molecule has 5 heteroatoms. The van der Waals surface area contributed by atoms with Crippen LogP contribution in [-0.4, -0.2) is 15.9 Å². The van der Waals surface area contributed by atoms with Crippen LogP contribution < -0.4 is 5.32 Å². The van der Waals surface area contributed by atoms with Gasteiger partial charge in [0, 0.05) is 40.7 Å². The van der Waals surface area contributed by atoms with Gasteiger partial charge in [-0.2, -0.15) is 0 Å². The normalized spacial score (nSPS) is 10.3. The molecule has 4 nitrogen and oxygen atoms in total. The molecule has 23 heavy (non-hydrogen) atoms. The van der Waals surface area contributed by atoms with E-state index >= 15 is 0 Å². The molecular formula is C18H14BrN3O. The van der Waals surface area contributed by atoms with E-state index in [0.29, 0.717) is 12.1 Å². The molecule has 0 saturated carbocycles. The molecule has 0 saturated heterocycles. The smallest absolute Gasteiger partial charge is 0.251 e. The van der Waals surface area contributed by atoms with Crippen molar-refractivity contribution < 1.29 is 4.79 Å². The molecule has 0 unspecified atom stereocenters. The number of halogens is 1. The Labute approximate surface area is 142 Å². The summed E-state index contributed by atoms with van der Waals surface area (Å²) in [6, 6.07) is 14.9. The van der Waals surface area contributed by atoms with Crippen molar-refractivity contribution in [3.05, 3.63) is 82.7 Å². The summed E-state index contributed by atoms with van der Waals surface area (Å²) >= 11 is 3.37. The molecule has 0 atom stereocenters. The largest absolute Gasteiger partial charge is 0.348 e. The van der Waals surface area contributed by atoms with Crippen LogP contribution in [0.5, 0.6) is 0 Å². The van der Waals surface area contributed by atoms with Crippen LogP contribution in [0.2, 0.25) is 0 Å². The third kappa shape index (κ3) is 3.81. The molecule has 3 rings (SSSR count). The number of amides is 1. The molecular weight excluding hydrogens is 354 g/mol. The van der Waals surface area contributed by atoms with E-state index in [0.717, 1.165) is 21.3 Å². The van der Waals surface area contributed by atoms with Gasteiger partial charge in [0.15, 0.2) is 0 Å². The fourth-order valence-electron chi connectivity index (χ4n) is 2.26. The van der Waals surface area contributed by atoms with Crippen LogP contribution in [0.4, 0.5) is 0 Å². The van der Waals surface area contributed by atoms with Crippen molar-refractivity contribution >= 4 is 21.8 Å². The summed E-state index contributed by atoms with van der Waals surface area (Å²) in [4.78, 5) is 20.7. The summed E-state index contributed by atoms with van der Waals surface area (Å²) in [5.41, 5.74) is 3.41. The van der Waals surface area contributed by atoms with Gasteiger partial charge in [0.25, 0.3) is 5.91 Å². The second-order valence-corrected chi connectivity index (χ2v) is 5.86. The molecule has 0 radical (unpaired) electrons. The van der Waals surface area contributed by atoms with E-state index in [2.05, 4.69) is 31.2 Å². The van der Waals surface area contributed by atoms with Gasteiger partial charge < -0.3 is 5.32 Å². The Morgan fingerprint density at radius 2 is 1.87 bits per heavy atom. The maximum atomic E-state index is 12.3. The summed E-state index contributed by atoms with van der Waals surface area (Å²) in [5.74, 6) is -0.115. The SMILES string of the molecule is O=C(NCc1cccnc1-c1ccncc1)c1cccc(Br)c1. The number of aromatic nitrogens is 2. The van der Waals surface area contributed by atoms with Crippen molar-refractivity contribution in [3.8, 4) is 11.3 Å². The lowest BCUT2D eigenvalue weighted by Crippen LogP contribution is -2.23. The van der Waals surface area contributed by atoms with E-state index < -0.39 is 0 Å². The first-order valence-corrected chi connectivity index (χ1v) is 7.91. The van der Waals surface area contributed by atoms with Crippen LogP contribution in [-0.2, 0) is 6.54 Å². The molecule has 0 fully saturated rings. The molecule has 1 N–H and O–H groups in total. The molecule has 3 aromatic rings. The molecule has 0 bridgehead atoms. The summed E-state index contributed by atoms with van der Waals surface area (Å²) in [7, 11) is 0. The van der Waals surface area contributed by atoms with Gasteiger partial charge in [0.2, 0.25) is 0 Å². The van der Waals surface area contributed by atoms with Gasteiger partial charge in [0.05, 0.1) is 5.69 Å². The minimum atomic E-state index is -0.115. The maximum absolute atomic E-state index is 12.3. The third-order valence-corrected chi connectivity index (χ3v) is 3.86. The van der Waals surface area contributed by atoms with E-state index in [4.69, 9.17) is 0 Å². The molecule has 0 spiro atoms. The summed E-state index contributed by atoms with van der Waals surface area (Å²) in [6.45, 7) is 0.414. The fraction of sp³-hybridized carbons (Fsp3) is 0.0556. The van der Waals surface area contributed by atoms with Crippen LogP contribution in [0.3, 0.4) is 0 Å². The van der Waals surface area contributed by atoms with Crippen LogP contribution in [0.25, 0.3) is 11.3 Å². The van der Waals surface area contributed by atoms with Crippen molar-refractivity contribution in [1.82, 2.24) is 15.3 Å². The second kappa shape index (κ2) is 7.15. The van der Waals surface area contributed by atoms with Crippen molar-refractivity contribution in [2.24, 2.45) is 0 Å². The van der Waals surface area contributed by atoms with Crippen LogP contribution in [0.15, 0.2) is 71.6 Å². The van der Waals surface area contributed by atoms with E-state index in [1.54, 1.807) is 30.7 Å². The standard InChI is InChI=1S/C18H14BrN3O/c19-16-5-1-3-14(11-16)18(23)22-12-15-4-2-8-21-17(15)13-6-9-20-10-7-13/h1-11H,12H2,(H,22,23). The summed E-state index contributed by atoms with van der Waals surface area (Å²) < 4.78 is 0.879. The van der Waals surface area contributed by atoms with Crippen molar-refractivity contribution in [2.75, 3.05) is 0 Å². The topological polar surface area (TPSA) is 54.9 Å². The van der Waals surface area contributed by atoms with Crippen molar-refractivity contribution in [2.45, 2.75) is 6.54 Å². The van der Waals surface area contributed by atoms with Gasteiger partial charge in [-0.05, 0) is 42.0 Å². The molecule has 114 valence electrons. The Morgan fingerprint density at radius 3 is 2.65 bits per heavy atom. The van der Waals surface area contributed by atoms with E-state index in [-0.39, 0.29) is 5.91 Å². The third-order valence-electron chi connectivity index (χ3n) is 3.37. The van der Waals surface area contributed by atoms with Gasteiger partial charge in [-0.15, -0.1) is 0 Å². The number of rotatable bonds is 4. The lowest BCUT2D eigenvalue weighted by atomic mass is 10.1. The molecule has 2 heterocycles. The second-order valence-electron chi connectivity index (χ2n) is 4.94. The molecule has 0 aliphatic heterocycles. The van der Waals surface area contributed by atoms with Crippen molar-refractivity contribution in [1.29, 1.82) is 0 Å². The first-order chi connectivity index (χ1) is 11.2. The number of hydrogen-bond acceptors (Lipinski definition) is 3. The average Bonchev–Trinajstić information content (AvgIpc) is 2.60. The Morgan fingerprint density at radius 1 is 1.04 bits per heavy atom. The van der Waals surface area contributed by atoms with E-state index in [9.17, 15) is 4.79 Å². The van der Waals surface area contributed by atoms with Gasteiger partial charge in [-0.25, -0.2) is 0 Å². The number of carbonyl (C=O) groups is 1. The molecule has 2 aromatic heterocycles. The average molecular weight is 368 g/mol.